The number of rotatable bonds is 4. The van der Waals surface area contributed by atoms with Crippen molar-refractivity contribution in [3.05, 3.63) is 41.3 Å². The third-order valence-electron chi connectivity index (χ3n) is 2.93. The van der Waals surface area contributed by atoms with Crippen LogP contribution in [-0.4, -0.2) is 23.5 Å². The van der Waals surface area contributed by atoms with Crippen LogP contribution in [0.3, 0.4) is 0 Å². The third-order valence-corrected chi connectivity index (χ3v) is 3.60. The summed E-state index contributed by atoms with van der Waals surface area (Å²) in [6.45, 7) is 4.10. The molecule has 0 fully saturated rings. The summed E-state index contributed by atoms with van der Waals surface area (Å²) in [6, 6.07) is 6.23. The van der Waals surface area contributed by atoms with E-state index >= 15 is 0 Å². The van der Waals surface area contributed by atoms with Crippen LogP contribution >= 0.6 is 23.6 Å². The maximum absolute atomic E-state index is 5.30. The summed E-state index contributed by atoms with van der Waals surface area (Å²) in [5, 5.41) is 4.42. The largest absolute Gasteiger partial charge is 0.361 e. The summed E-state index contributed by atoms with van der Waals surface area (Å²) >= 11 is 6.33. The Hall–Kier alpha value is -2.25. The van der Waals surface area contributed by atoms with E-state index in [1.54, 1.807) is 23.3 Å². The predicted octanol–water partition coefficient (Wildman–Crippen LogP) is 3.57. The Kier molecular flexibility index (Phi) is 4.17. The fourth-order valence-corrected chi connectivity index (χ4v) is 2.70. The van der Waals surface area contributed by atoms with E-state index in [1.807, 2.05) is 0 Å². The lowest BCUT2D eigenvalue weighted by Gasteiger charge is -2.00. The lowest BCUT2D eigenvalue weighted by Crippen LogP contribution is -1.89. The average Bonchev–Trinajstić information content (AvgIpc) is 3.13. The highest BCUT2D eigenvalue weighted by molar-refractivity contribution is 6.99. The molecule has 0 bridgehead atoms. The Morgan fingerprint density at radius 3 is 2.68 bits per heavy atom. The van der Waals surface area contributed by atoms with Gasteiger partial charge in [-0.15, -0.1) is 9.47 Å². The number of halogens is 1. The molecule has 2 heterocycles. The van der Waals surface area contributed by atoms with Gasteiger partial charge in [0, 0.05) is 11.8 Å². The van der Waals surface area contributed by atoms with Gasteiger partial charge in [0.1, 0.15) is 23.9 Å². The number of hydrogen-bond donors (Lipinski definition) is 0. The van der Waals surface area contributed by atoms with Crippen molar-refractivity contribution in [1.82, 2.24) is 23.5 Å². The standard InChI is InChI=1S/C14H12ClN5OS/c1-9-5-10(2)7-11(6-9)13-16-8-20(17-13)4-3-12-14(21-15)19-22-18-12/h3-8H,1-2H3/b4-3-. The minimum absolute atomic E-state index is 0.276. The van der Waals surface area contributed by atoms with Gasteiger partial charge < -0.3 is 4.29 Å². The van der Waals surface area contributed by atoms with Gasteiger partial charge in [-0.05, 0) is 32.1 Å². The highest BCUT2D eigenvalue weighted by Gasteiger charge is 2.07. The Balaban J connectivity index is 1.85. The highest BCUT2D eigenvalue weighted by Crippen LogP contribution is 2.20. The van der Waals surface area contributed by atoms with E-state index in [2.05, 4.69) is 55.2 Å². The van der Waals surface area contributed by atoms with Gasteiger partial charge in [0.25, 0.3) is 5.88 Å². The summed E-state index contributed by atoms with van der Waals surface area (Å²) in [7, 11) is 0. The maximum atomic E-state index is 5.30. The second kappa shape index (κ2) is 6.25. The first-order valence-electron chi connectivity index (χ1n) is 6.45. The smallest absolute Gasteiger partial charge is 0.275 e. The molecule has 0 N–H and O–H groups in total. The Bertz CT molecular complexity index is 806. The van der Waals surface area contributed by atoms with Gasteiger partial charge >= 0.3 is 0 Å². The van der Waals surface area contributed by atoms with Gasteiger partial charge in [-0.2, -0.15) is 4.37 Å². The lowest BCUT2D eigenvalue weighted by atomic mass is 10.1. The van der Waals surface area contributed by atoms with E-state index in [-0.39, 0.29) is 5.88 Å². The number of aromatic nitrogens is 5. The monoisotopic (exact) mass is 333 g/mol. The van der Waals surface area contributed by atoms with E-state index in [9.17, 15) is 0 Å². The van der Waals surface area contributed by atoms with Gasteiger partial charge in [-0.3, -0.25) is 0 Å². The van der Waals surface area contributed by atoms with Crippen LogP contribution in [0.15, 0.2) is 24.5 Å². The van der Waals surface area contributed by atoms with Crippen LogP contribution in [0, 0.1) is 13.8 Å². The minimum atomic E-state index is 0.276. The fourth-order valence-electron chi connectivity index (χ4n) is 2.07. The van der Waals surface area contributed by atoms with Crippen molar-refractivity contribution in [2.75, 3.05) is 0 Å². The molecule has 3 aromatic rings. The Labute approximate surface area is 136 Å². The molecule has 0 spiro atoms. The topological polar surface area (TPSA) is 65.7 Å². The molecule has 1 aromatic carbocycles. The van der Waals surface area contributed by atoms with Crippen LogP contribution in [0.1, 0.15) is 16.8 Å². The molecule has 0 aliphatic carbocycles. The molecule has 0 saturated heterocycles. The van der Waals surface area contributed by atoms with E-state index in [0.717, 1.165) is 17.3 Å². The van der Waals surface area contributed by atoms with Crippen molar-refractivity contribution in [3.8, 4) is 17.3 Å². The molecule has 3 rings (SSSR count). The quantitative estimate of drug-likeness (QED) is 0.730. The van der Waals surface area contributed by atoms with Crippen LogP contribution in [0.4, 0.5) is 0 Å². The lowest BCUT2D eigenvalue weighted by molar-refractivity contribution is 0.597. The van der Waals surface area contributed by atoms with Crippen molar-refractivity contribution in [2.45, 2.75) is 13.8 Å². The molecular formula is C14H12ClN5OS. The maximum Gasteiger partial charge on any atom is 0.275 e. The first-order chi connectivity index (χ1) is 10.7. The molecule has 0 atom stereocenters. The molecule has 0 aliphatic rings. The van der Waals surface area contributed by atoms with Crippen molar-refractivity contribution in [1.29, 1.82) is 0 Å². The van der Waals surface area contributed by atoms with Crippen LogP contribution in [0.5, 0.6) is 5.88 Å². The molecule has 6 nitrogen and oxygen atoms in total. The van der Waals surface area contributed by atoms with Crippen molar-refractivity contribution in [3.63, 3.8) is 0 Å². The third kappa shape index (κ3) is 3.15. The second-order valence-electron chi connectivity index (χ2n) is 4.77. The second-order valence-corrected chi connectivity index (χ2v) is 5.45. The van der Waals surface area contributed by atoms with Crippen LogP contribution in [-0.2, 0) is 0 Å². The number of aryl methyl sites for hydroxylation is 2. The zero-order valence-electron chi connectivity index (χ0n) is 11.9. The van der Waals surface area contributed by atoms with Crippen molar-refractivity contribution >= 4 is 35.9 Å². The van der Waals surface area contributed by atoms with E-state index < -0.39 is 0 Å². The molecule has 112 valence electrons. The van der Waals surface area contributed by atoms with Crippen LogP contribution < -0.4 is 4.29 Å². The molecule has 0 saturated carbocycles. The molecule has 0 amide bonds. The molecule has 0 unspecified atom stereocenters. The Morgan fingerprint density at radius 1 is 1.18 bits per heavy atom. The van der Waals surface area contributed by atoms with Gasteiger partial charge in [-0.1, -0.05) is 17.2 Å². The summed E-state index contributed by atoms with van der Waals surface area (Å²) in [5.41, 5.74) is 3.90. The molecule has 0 aliphatic heterocycles. The van der Waals surface area contributed by atoms with Gasteiger partial charge in [0.15, 0.2) is 5.82 Å². The van der Waals surface area contributed by atoms with Gasteiger partial charge in [-0.25, -0.2) is 9.67 Å². The summed E-state index contributed by atoms with van der Waals surface area (Å²) in [4.78, 5) is 4.32. The van der Waals surface area contributed by atoms with Gasteiger partial charge in [0.2, 0.25) is 0 Å². The summed E-state index contributed by atoms with van der Waals surface area (Å²) < 4.78 is 14.2. The number of benzene rings is 1. The molecule has 0 radical (unpaired) electrons. The normalized spacial score (nSPS) is 11.2. The highest BCUT2D eigenvalue weighted by atomic mass is 35.5. The Morgan fingerprint density at radius 2 is 1.95 bits per heavy atom. The van der Waals surface area contributed by atoms with E-state index in [1.165, 1.54) is 11.1 Å². The fraction of sp³-hybridized carbons (Fsp3) is 0.143. The summed E-state index contributed by atoms with van der Waals surface area (Å²) in [6.07, 6.45) is 5.06. The zero-order chi connectivity index (χ0) is 15.5. The zero-order valence-corrected chi connectivity index (χ0v) is 13.5. The molecule has 22 heavy (non-hydrogen) atoms. The molecule has 2 aromatic heterocycles. The minimum Gasteiger partial charge on any atom is -0.361 e. The molecular weight excluding hydrogens is 322 g/mol. The first kappa shape index (κ1) is 14.7. The van der Waals surface area contributed by atoms with Crippen LogP contribution in [0.25, 0.3) is 23.7 Å². The summed E-state index contributed by atoms with van der Waals surface area (Å²) in [5.74, 6) is 0.944. The number of hydrogen-bond acceptors (Lipinski definition) is 6. The molecule has 8 heteroatoms. The van der Waals surface area contributed by atoms with Crippen LogP contribution in [0.2, 0.25) is 0 Å². The van der Waals surface area contributed by atoms with E-state index in [4.69, 9.17) is 11.9 Å². The van der Waals surface area contributed by atoms with Gasteiger partial charge in [0.05, 0.1) is 11.7 Å². The van der Waals surface area contributed by atoms with E-state index in [0.29, 0.717) is 11.5 Å². The first-order valence-corrected chi connectivity index (χ1v) is 7.49. The SMILES string of the molecule is Cc1cc(C)cc(-c2ncn(/C=C\c3nsnc3OCl)n2)c1. The average molecular weight is 334 g/mol. The number of nitrogens with zero attached hydrogens (tertiary/aromatic N) is 5. The van der Waals surface area contributed by atoms with Crippen molar-refractivity contribution < 1.29 is 4.29 Å². The van der Waals surface area contributed by atoms with Crippen molar-refractivity contribution in [2.24, 2.45) is 0 Å². The predicted molar refractivity (Wildman–Crippen MR) is 86.5 cm³/mol.